The molecule has 0 aliphatic carbocycles. The first kappa shape index (κ1) is 13.7. The molecule has 18 heavy (non-hydrogen) atoms. The van der Waals surface area contributed by atoms with E-state index in [9.17, 15) is 0 Å². The van der Waals surface area contributed by atoms with Crippen molar-refractivity contribution < 1.29 is 0 Å². The number of nitrogens with two attached hydrogens (primary N) is 1. The second kappa shape index (κ2) is 5.91. The summed E-state index contributed by atoms with van der Waals surface area (Å²) in [5, 5.41) is 0.365. The highest BCUT2D eigenvalue weighted by Gasteiger charge is 2.14. The summed E-state index contributed by atoms with van der Waals surface area (Å²) in [4.78, 5) is 4.07. The Bertz CT molecular complexity index is 531. The van der Waals surface area contributed by atoms with Gasteiger partial charge < -0.3 is 5.73 Å². The minimum absolute atomic E-state index is 0.365. The van der Waals surface area contributed by atoms with Crippen LogP contribution in [0.1, 0.15) is 26.1 Å². The molecular weight excluding hydrogens is 258 g/mol. The first-order valence-corrected chi connectivity index (χ1v) is 7.80. The molecule has 0 aliphatic rings. The number of thioether (sulfide) groups is 1. The molecule has 1 aromatic carbocycles. The maximum Gasteiger partial charge on any atom is 0.0560 e. The molecular formula is C15H19NS2. The van der Waals surface area contributed by atoms with Crippen molar-refractivity contribution in [1.82, 2.24) is 0 Å². The van der Waals surface area contributed by atoms with E-state index in [2.05, 4.69) is 51.1 Å². The molecule has 1 heterocycles. The number of benzene rings is 1. The molecule has 0 saturated heterocycles. The third kappa shape index (κ3) is 3.16. The van der Waals surface area contributed by atoms with E-state index < -0.39 is 0 Å². The lowest BCUT2D eigenvalue weighted by Gasteiger charge is -2.15. The van der Waals surface area contributed by atoms with Gasteiger partial charge in [-0.3, -0.25) is 0 Å². The van der Waals surface area contributed by atoms with Gasteiger partial charge >= 0.3 is 0 Å². The van der Waals surface area contributed by atoms with Gasteiger partial charge in [0.15, 0.2) is 0 Å². The molecule has 0 aliphatic heterocycles. The molecule has 3 heteroatoms. The average molecular weight is 277 g/mol. The van der Waals surface area contributed by atoms with Crippen molar-refractivity contribution >= 4 is 23.1 Å². The van der Waals surface area contributed by atoms with Crippen LogP contribution in [0.3, 0.4) is 0 Å². The molecule has 0 amide bonds. The van der Waals surface area contributed by atoms with Crippen LogP contribution < -0.4 is 5.73 Å². The standard InChI is InChI=1S/C15H19NS2/c1-10-4-5-11(2)14(8-10)18-15(9-16)13-7-6-12(3)17-13/h4-8,15H,9,16H2,1-3H3. The predicted molar refractivity (Wildman–Crippen MR) is 82.6 cm³/mol. The van der Waals surface area contributed by atoms with Gasteiger partial charge in [-0.2, -0.15) is 0 Å². The number of thiophene rings is 1. The Balaban J connectivity index is 2.22. The Hall–Kier alpha value is -0.770. The van der Waals surface area contributed by atoms with E-state index >= 15 is 0 Å². The topological polar surface area (TPSA) is 26.0 Å². The highest BCUT2D eigenvalue weighted by molar-refractivity contribution is 7.99. The molecule has 2 aromatic rings. The highest BCUT2D eigenvalue weighted by Crippen LogP contribution is 2.39. The molecule has 2 N–H and O–H groups in total. The normalized spacial score (nSPS) is 12.7. The van der Waals surface area contributed by atoms with E-state index in [1.54, 1.807) is 0 Å². The van der Waals surface area contributed by atoms with Crippen molar-refractivity contribution in [3.63, 3.8) is 0 Å². The van der Waals surface area contributed by atoms with Gasteiger partial charge in [-0.15, -0.1) is 23.1 Å². The van der Waals surface area contributed by atoms with E-state index in [-0.39, 0.29) is 0 Å². The zero-order valence-corrected chi connectivity index (χ0v) is 12.7. The van der Waals surface area contributed by atoms with Gasteiger partial charge in [0.1, 0.15) is 0 Å². The minimum Gasteiger partial charge on any atom is -0.329 e. The smallest absolute Gasteiger partial charge is 0.0560 e. The Morgan fingerprint density at radius 3 is 2.56 bits per heavy atom. The lowest BCUT2D eigenvalue weighted by atomic mass is 10.2. The molecule has 0 bridgehead atoms. The van der Waals surface area contributed by atoms with Gasteiger partial charge in [-0.05, 0) is 44.5 Å². The fourth-order valence-corrected chi connectivity index (χ4v) is 4.10. The summed E-state index contributed by atoms with van der Waals surface area (Å²) in [6.07, 6.45) is 0. The summed E-state index contributed by atoms with van der Waals surface area (Å²) in [6.45, 7) is 7.12. The maximum atomic E-state index is 5.94. The Labute approximate surface area is 117 Å². The summed E-state index contributed by atoms with van der Waals surface area (Å²) in [5.74, 6) is 0. The first-order chi connectivity index (χ1) is 8.60. The van der Waals surface area contributed by atoms with E-state index in [0.717, 1.165) is 0 Å². The number of hydrogen-bond donors (Lipinski definition) is 1. The van der Waals surface area contributed by atoms with Gasteiger partial charge in [0.25, 0.3) is 0 Å². The zero-order chi connectivity index (χ0) is 13.1. The van der Waals surface area contributed by atoms with Gasteiger partial charge in [0.2, 0.25) is 0 Å². The molecule has 0 radical (unpaired) electrons. The van der Waals surface area contributed by atoms with Crippen LogP contribution in [0.4, 0.5) is 0 Å². The van der Waals surface area contributed by atoms with Crippen LogP contribution in [-0.2, 0) is 0 Å². The molecule has 96 valence electrons. The maximum absolute atomic E-state index is 5.94. The van der Waals surface area contributed by atoms with E-state index in [4.69, 9.17) is 5.73 Å². The van der Waals surface area contributed by atoms with Crippen LogP contribution >= 0.6 is 23.1 Å². The molecule has 0 fully saturated rings. The van der Waals surface area contributed by atoms with E-state index in [1.807, 2.05) is 23.1 Å². The second-order valence-electron chi connectivity index (χ2n) is 4.56. The van der Waals surface area contributed by atoms with Crippen LogP contribution in [0.15, 0.2) is 35.2 Å². The molecule has 2 rings (SSSR count). The van der Waals surface area contributed by atoms with Crippen molar-refractivity contribution in [1.29, 1.82) is 0 Å². The lowest BCUT2D eigenvalue weighted by Crippen LogP contribution is -2.08. The second-order valence-corrected chi connectivity index (χ2v) is 7.12. The van der Waals surface area contributed by atoms with Crippen LogP contribution in [0, 0.1) is 20.8 Å². The van der Waals surface area contributed by atoms with Gasteiger partial charge in [-0.1, -0.05) is 17.7 Å². The molecule has 1 unspecified atom stereocenters. The average Bonchev–Trinajstić information content (AvgIpc) is 2.77. The molecule has 1 aromatic heterocycles. The van der Waals surface area contributed by atoms with Gasteiger partial charge in [0, 0.05) is 21.2 Å². The minimum atomic E-state index is 0.365. The Morgan fingerprint density at radius 1 is 1.17 bits per heavy atom. The molecule has 0 spiro atoms. The molecule has 1 nitrogen and oxygen atoms in total. The third-order valence-corrected chi connectivity index (χ3v) is 5.59. The zero-order valence-electron chi connectivity index (χ0n) is 11.1. The lowest BCUT2D eigenvalue weighted by molar-refractivity contribution is 0.959. The van der Waals surface area contributed by atoms with Crippen molar-refractivity contribution in [3.8, 4) is 0 Å². The van der Waals surface area contributed by atoms with Gasteiger partial charge in [-0.25, -0.2) is 0 Å². The summed E-state index contributed by atoms with van der Waals surface area (Å²) < 4.78 is 0. The van der Waals surface area contributed by atoms with Crippen molar-refractivity contribution in [2.24, 2.45) is 5.73 Å². The summed E-state index contributed by atoms with van der Waals surface area (Å²) in [7, 11) is 0. The van der Waals surface area contributed by atoms with Crippen molar-refractivity contribution in [3.05, 3.63) is 51.2 Å². The summed E-state index contributed by atoms with van der Waals surface area (Å²) in [6, 6.07) is 11.0. The van der Waals surface area contributed by atoms with Crippen LogP contribution in [-0.4, -0.2) is 6.54 Å². The Morgan fingerprint density at radius 2 is 1.94 bits per heavy atom. The van der Waals surface area contributed by atoms with Crippen molar-refractivity contribution in [2.75, 3.05) is 6.54 Å². The summed E-state index contributed by atoms with van der Waals surface area (Å²) in [5.41, 5.74) is 8.57. The monoisotopic (exact) mass is 277 g/mol. The van der Waals surface area contributed by atoms with Crippen LogP contribution in [0.25, 0.3) is 0 Å². The Kier molecular flexibility index (Phi) is 4.49. The highest BCUT2D eigenvalue weighted by atomic mass is 32.2. The first-order valence-electron chi connectivity index (χ1n) is 6.10. The number of aryl methyl sites for hydroxylation is 3. The van der Waals surface area contributed by atoms with Crippen LogP contribution in [0.2, 0.25) is 0 Å². The SMILES string of the molecule is Cc1ccc(C)c(SC(CN)c2ccc(C)s2)c1. The quantitative estimate of drug-likeness (QED) is 0.835. The van der Waals surface area contributed by atoms with Gasteiger partial charge in [0.05, 0.1) is 5.25 Å². The summed E-state index contributed by atoms with van der Waals surface area (Å²) >= 11 is 3.73. The largest absolute Gasteiger partial charge is 0.329 e. The molecule has 1 atom stereocenters. The van der Waals surface area contributed by atoms with Crippen molar-refractivity contribution in [2.45, 2.75) is 30.9 Å². The fourth-order valence-electron chi connectivity index (χ4n) is 1.84. The van der Waals surface area contributed by atoms with E-state index in [0.29, 0.717) is 11.8 Å². The molecule has 0 saturated carbocycles. The number of hydrogen-bond acceptors (Lipinski definition) is 3. The predicted octanol–water partition coefficient (Wildman–Crippen LogP) is 4.47. The number of rotatable bonds is 4. The van der Waals surface area contributed by atoms with E-state index in [1.165, 1.54) is 25.8 Å². The third-order valence-electron chi connectivity index (χ3n) is 2.91. The van der Waals surface area contributed by atoms with Crippen LogP contribution in [0.5, 0.6) is 0 Å². The fraction of sp³-hybridized carbons (Fsp3) is 0.333.